The topological polar surface area (TPSA) is 122 Å². The van der Waals surface area contributed by atoms with E-state index < -0.39 is 5.97 Å². The van der Waals surface area contributed by atoms with Crippen LogP contribution in [0.4, 0.5) is 5.95 Å². The van der Waals surface area contributed by atoms with Crippen LogP contribution in [0.15, 0.2) is 43.0 Å². The minimum Gasteiger partial charge on any atom is -0.480 e. The standard InChI is InChI=1S/C17H15N7O2/c1-10-22-13-3-2-12(6-14(13)23-10)24-5-4-18-16(24)11-7-19-17(20-8-11)21-9-15(25)26/h2-8H,9H2,1H3,(H,22,23)(H,25,26)(H,19,20,21). The molecule has 4 rings (SSSR count). The number of anilines is 1. The SMILES string of the molecule is Cc1nc2ccc(-n3ccnc3-c3cnc(NCC(=O)O)nc3)cc2[nH]1. The van der Waals surface area contributed by atoms with E-state index in [0.29, 0.717) is 5.82 Å². The van der Waals surface area contributed by atoms with Gasteiger partial charge in [-0.1, -0.05) is 0 Å². The van der Waals surface area contributed by atoms with Gasteiger partial charge >= 0.3 is 5.97 Å². The number of hydrogen-bond acceptors (Lipinski definition) is 6. The predicted molar refractivity (Wildman–Crippen MR) is 95.1 cm³/mol. The first-order valence-electron chi connectivity index (χ1n) is 7.88. The highest BCUT2D eigenvalue weighted by molar-refractivity contribution is 5.78. The minimum atomic E-state index is -0.974. The largest absolute Gasteiger partial charge is 0.480 e. The lowest BCUT2D eigenvalue weighted by Gasteiger charge is -2.08. The number of rotatable bonds is 5. The van der Waals surface area contributed by atoms with Gasteiger partial charge in [0.2, 0.25) is 5.95 Å². The van der Waals surface area contributed by atoms with Gasteiger partial charge in [-0.15, -0.1) is 0 Å². The van der Waals surface area contributed by atoms with E-state index in [1.807, 2.05) is 35.9 Å². The normalized spacial score (nSPS) is 11.0. The Morgan fingerprint density at radius 1 is 1.27 bits per heavy atom. The molecule has 0 aliphatic rings. The van der Waals surface area contributed by atoms with E-state index in [0.717, 1.165) is 28.1 Å². The first kappa shape index (κ1) is 15.8. The molecule has 0 radical (unpaired) electrons. The molecule has 0 unspecified atom stereocenters. The van der Waals surface area contributed by atoms with Crippen LogP contribution in [0.1, 0.15) is 5.82 Å². The Bertz CT molecular complexity index is 1080. The first-order valence-corrected chi connectivity index (χ1v) is 7.88. The summed E-state index contributed by atoms with van der Waals surface area (Å²) in [6.45, 7) is 1.68. The summed E-state index contributed by atoms with van der Waals surface area (Å²) >= 11 is 0. The molecule has 0 spiro atoms. The fraction of sp³-hybridized carbons (Fsp3) is 0.118. The van der Waals surface area contributed by atoms with Crippen molar-refractivity contribution in [3.63, 3.8) is 0 Å². The number of imidazole rings is 2. The summed E-state index contributed by atoms with van der Waals surface area (Å²) < 4.78 is 1.93. The number of carboxylic acid groups (broad SMARTS) is 1. The third-order valence-corrected chi connectivity index (χ3v) is 3.81. The number of nitrogens with zero attached hydrogens (tertiary/aromatic N) is 5. The summed E-state index contributed by atoms with van der Waals surface area (Å²) in [5.41, 5.74) is 3.51. The van der Waals surface area contributed by atoms with Crippen LogP contribution in [0, 0.1) is 6.92 Å². The summed E-state index contributed by atoms with van der Waals surface area (Å²) in [5, 5.41) is 11.3. The Hall–Kier alpha value is -3.75. The molecule has 9 heteroatoms. The Balaban J connectivity index is 1.66. The second kappa shape index (κ2) is 6.28. The number of benzene rings is 1. The molecule has 3 heterocycles. The molecule has 3 aromatic heterocycles. The van der Waals surface area contributed by atoms with Gasteiger partial charge in [-0.25, -0.2) is 19.9 Å². The quantitative estimate of drug-likeness (QED) is 0.504. The maximum absolute atomic E-state index is 10.6. The summed E-state index contributed by atoms with van der Waals surface area (Å²) in [5.74, 6) is 0.826. The van der Waals surface area contributed by atoms with Crippen molar-refractivity contribution < 1.29 is 9.90 Å². The van der Waals surface area contributed by atoms with Gasteiger partial charge in [-0.3, -0.25) is 9.36 Å². The Labute approximate surface area is 147 Å². The van der Waals surface area contributed by atoms with E-state index in [9.17, 15) is 4.79 Å². The van der Waals surface area contributed by atoms with Gasteiger partial charge < -0.3 is 15.4 Å². The molecule has 130 valence electrons. The second-order valence-corrected chi connectivity index (χ2v) is 5.69. The first-order chi connectivity index (χ1) is 12.6. The fourth-order valence-corrected chi connectivity index (χ4v) is 2.69. The lowest BCUT2D eigenvalue weighted by molar-refractivity contribution is -0.134. The molecule has 0 saturated heterocycles. The number of H-pyrrole nitrogens is 1. The van der Waals surface area contributed by atoms with Crippen molar-refractivity contribution >= 4 is 23.0 Å². The molecule has 0 atom stereocenters. The molecular weight excluding hydrogens is 334 g/mol. The smallest absolute Gasteiger partial charge is 0.322 e. The van der Waals surface area contributed by atoms with E-state index in [1.165, 1.54) is 0 Å². The van der Waals surface area contributed by atoms with Crippen molar-refractivity contribution in [3.8, 4) is 17.1 Å². The summed E-state index contributed by atoms with van der Waals surface area (Å²) in [6.07, 6.45) is 6.77. The highest BCUT2D eigenvalue weighted by atomic mass is 16.4. The molecule has 0 amide bonds. The zero-order valence-electron chi connectivity index (χ0n) is 13.8. The van der Waals surface area contributed by atoms with Crippen LogP contribution in [0.2, 0.25) is 0 Å². The minimum absolute atomic E-state index is 0.239. The highest BCUT2D eigenvalue weighted by Crippen LogP contribution is 2.23. The number of fused-ring (bicyclic) bond motifs is 1. The third kappa shape index (κ3) is 2.97. The number of carbonyl (C=O) groups is 1. The van der Waals surface area contributed by atoms with Gasteiger partial charge in [-0.2, -0.15) is 0 Å². The van der Waals surface area contributed by atoms with E-state index in [1.54, 1.807) is 18.6 Å². The number of aromatic amines is 1. The number of hydrogen-bond donors (Lipinski definition) is 3. The van der Waals surface area contributed by atoms with Gasteiger partial charge in [0.1, 0.15) is 18.2 Å². The lowest BCUT2D eigenvalue weighted by Crippen LogP contribution is -2.14. The summed E-state index contributed by atoms with van der Waals surface area (Å²) in [6, 6.07) is 5.93. The summed E-state index contributed by atoms with van der Waals surface area (Å²) in [4.78, 5) is 30.9. The van der Waals surface area contributed by atoms with E-state index in [4.69, 9.17) is 5.11 Å². The van der Waals surface area contributed by atoms with Gasteiger partial charge in [-0.05, 0) is 25.1 Å². The maximum atomic E-state index is 10.6. The molecule has 0 fully saturated rings. The van der Waals surface area contributed by atoms with Crippen molar-refractivity contribution in [1.29, 1.82) is 0 Å². The van der Waals surface area contributed by atoms with Crippen LogP contribution in [-0.4, -0.2) is 47.1 Å². The van der Waals surface area contributed by atoms with Crippen molar-refractivity contribution in [2.45, 2.75) is 6.92 Å². The number of aliphatic carboxylic acids is 1. The van der Waals surface area contributed by atoms with Crippen molar-refractivity contribution in [1.82, 2.24) is 29.5 Å². The molecule has 26 heavy (non-hydrogen) atoms. The molecule has 0 saturated carbocycles. The van der Waals surface area contributed by atoms with Crippen molar-refractivity contribution in [3.05, 3.63) is 48.8 Å². The van der Waals surface area contributed by atoms with E-state index in [2.05, 4.69) is 30.2 Å². The summed E-state index contributed by atoms with van der Waals surface area (Å²) in [7, 11) is 0. The molecular formula is C17H15N7O2. The van der Waals surface area contributed by atoms with Crippen LogP contribution in [0.25, 0.3) is 28.1 Å². The fourth-order valence-electron chi connectivity index (χ4n) is 2.69. The van der Waals surface area contributed by atoms with E-state index in [-0.39, 0.29) is 12.5 Å². The molecule has 9 nitrogen and oxygen atoms in total. The van der Waals surface area contributed by atoms with Crippen LogP contribution in [0.5, 0.6) is 0 Å². The third-order valence-electron chi connectivity index (χ3n) is 3.81. The second-order valence-electron chi connectivity index (χ2n) is 5.69. The Morgan fingerprint density at radius 2 is 2.08 bits per heavy atom. The average molecular weight is 349 g/mol. The molecule has 1 aromatic carbocycles. The van der Waals surface area contributed by atoms with Crippen molar-refractivity contribution in [2.24, 2.45) is 0 Å². The Kier molecular flexibility index (Phi) is 3.81. The molecule has 0 aliphatic heterocycles. The number of aryl methyl sites for hydroxylation is 1. The van der Waals surface area contributed by atoms with Crippen LogP contribution >= 0.6 is 0 Å². The highest BCUT2D eigenvalue weighted by Gasteiger charge is 2.11. The molecule has 3 N–H and O–H groups in total. The number of carboxylic acids is 1. The molecule has 0 aliphatic carbocycles. The Morgan fingerprint density at radius 3 is 2.85 bits per heavy atom. The van der Waals surface area contributed by atoms with Crippen LogP contribution in [-0.2, 0) is 4.79 Å². The molecule has 4 aromatic rings. The van der Waals surface area contributed by atoms with Crippen molar-refractivity contribution in [2.75, 3.05) is 11.9 Å². The number of aromatic nitrogens is 6. The van der Waals surface area contributed by atoms with Gasteiger partial charge in [0.15, 0.2) is 0 Å². The van der Waals surface area contributed by atoms with Crippen LogP contribution < -0.4 is 5.32 Å². The predicted octanol–water partition coefficient (Wildman–Crippen LogP) is 2.01. The van der Waals surface area contributed by atoms with Gasteiger partial charge in [0.25, 0.3) is 0 Å². The zero-order valence-corrected chi connectivity index (χ0v) is 13.8. The monoisotopic (exact) mass is 349 g/mol. The van der Waals surface area contributed by atoms with E-state index >= 15 is 0 Å². The van der Waals surface area contributed by atoms with Gasteiger partial charge in [0.05, 0.1) is 16.6 Å². The van der Waals surface area contributed by atoms with Crippen LogP contribution in [0.3, 0.4) is 0 Å². The maximum Gasteiger partial charge on any atom is 0.322 e. The average Bonchev–Trinajstić information content (AvgIpc) is 3.25. The zero-order chi connectivity index (χ0) is 18.1. The van der Waals surface area contributed by atoms with Gasteiger partial charge in [0, 0.05) is 30.5 Å². The molecule has 0 bridgehead atoms. The lowest BCUT2D eigenvalue weighted by atomic mass is 10.2. The number of nitrogens with one attached hydrogen (secondary N) is 2.